The van der Waals surface area contributed by atoms with Crippen molar-refractivity contribution in [3.8, 4) is 0 Å². The Morgan fingerprint density at radius 1 is 1.24 bits per heavy atom. The topological polar surface area (TPSA) is 17.8 Å². The van der Waals surface area contributed by atoms with Crippen LogP contribution < -0.4 is 0 Å². The van der Waals surface area contributed by atoms with Crippen molar-refractivity contribution in [2.75, 3.05) is 0 Å². The Morgan fingerprint density at radius 2 is 1.95 bits per heavy atom. The van der Waals surface area contributed by atoms with E-state index in [4.69, 9.17) is 11.6 Å². The average Bonchev–Trinajstić information content (AvgIpc) is 2.80. The normalized spacial score (nSPS) is 12.8. The number of imidazole rings is 1. The van der Waals surface area contributed by atoms with Crippen LogP contribution >= 0.6 is 27.5 Å². The minimum Gasteiger partial charge on any atom is -0.322 e. The monoisotopic (exact) mass is 366 g/mol. The first-order valence-electron chi connectivity index (χ1n) is 6.59. The molecule has 0 radical (unpaired) electrons. The van der Waals surface area contributed by atoms with Gasteiger partial charge < -0.3 is 4.57 Å². The van der Waals surface area contributed by atoms with Gasteiger partial charge in [0.05, 0.1) is 16.4 Å². The summed E-state index contributed by atoms with van der Waals surface area (Å²) in [6, 6.07) is 12.6. The van der Waals surface area contributed by atoms with Crippen molar-refractivity contribution in [2.24, 2.45) is 0 Å². The molecule has 108 valence electrons. The van der Waals surface area contributed by atoms with Crippen LogP contribution in [0.3, 0.4) is 0 Å². The van der Waals surface area contributed by atoms with Gasteiger partial charge in [-0.3, -0.25) is 0 Å². The summed E-state index contributed by atoms with van der Waals surface area (Å²) >= 11 is 9.65. The van der Waals surface area contributed by atoms with E-state index in [9.17, 15) is 4.39 Å². The molecule has 0 aliphatic rings. The first kappa shape index (κ1) is 14.5. The number of nitrogens with zero attached hydrogens (tertiary/aromatic N) is 2. The molecule has 1 heterocycles. The molecule has 0 aliphatic carbocycles. The largest absolute Gasteiger partial charge is 0.322 e. The number of fused-ring (bicyclic) bond motifs is 1. The Bertz CT molecular complexity index is 781. The van der Waals surface area contributed by atoms with Crippen molar-refractivity contribution >= 4 is 38.6 Å². The summed E-state index contributed by atoms with van der Waals surface area (Å²) in [6.45, 7) is 2.48. The van der Waals surface area contributed by atoms with Crippen molar-refractivity contribution in [1.82, 2.24) is 9.55 Å². The maximum atomic E-state index is 13.5. The van der Waals surface area contributed by atoms with Gasteiger partial charge in [0.25, 0.3) is 0 Å². The SMILES string of the molecule is CC(Cl)c1nc2ccc(F)cc2n1Cc1ccc(Br)cc1. The Balaban J connectivity index is 2.12. The molecule has 5 heteroatoms. The lowest BCUT2D eigenvalue weighted by Crippen LogP contribution is -2.05. The van der Waals surface area contributed by atoms with E-state index in [-0.39, 0.29) is 11.2 Å². The summed E-state index contributed by atoms with van der Waals surface area (Å²) in [6.07, 6.45) is 0. The van der Waals surface area contributed by atoms with Gasteiger partial charge in [-0.05, 0) is 42.8 Å². The molecule has 0 aliphatic heterocycles. The molecule has 2 nitrogen and oxygen atoms in total. The molecule has 0 N–H and O–H groups in total. The van der Waals surface area contributed by atoms with E-state index in [1.165, 1.54) is 12.1 Å². The zero-order valence-corrected chi connectivity index (χ0v) is 13.7. The highest BCUT2D eigenvalue weighted by molar-refractivity contribution is 9.10. The maximum Gasteiger partial charge on any atom is 0.128 e. The lowest BCUT2D eigenvalue weighted by molar-refractivity contribution is 0.628. The second-order valence-electron chi connectivity index (χ2n) is 4.93. The first-order chi connectivity index (χ1) is 10.0. The summed E-state index contributed by atoms with van der Waals surface area (Å²) in [5.74, 6) is 0.480. The lowest BCUT2D eigenvalue weighted by atomic mass is 10.2. The minimum atomic E-state index is -0.270. The zero-order valence-electron chi connectivity index (χ0n) is 11.4. The highest BCUT2D eigenvalue weighted by atomic mass is 79.9. The summed E-state index contributed by atoms with van der Waals surface area (Å²) in [5.41, 5.74) is 2.64. The average molecular weight is 368 g/mol. The molecule has 1 unspecified atom stereocenters. The van der Waals surface area contributed by atoms with Crippen LogP contribution in [0, 0.1) is 5.82 Å². The van der Waals surface area contributed by atoms with Crippen LogP contribution in [0.25, 0.3) is 11.0 Å². The third-order valence-corrected chi connectivity index (χ3v) is 4.07. The number of rotatable bonds is 3. The van der Waals surface area contributed by atoms with Crippen LogP contribution in [0.1, 0.15) is 23.7 Å². The highest BCUT2D eigenvalue weighted by Crippen LogP contribution is 2.26. The molecule has 3 rings (SSSR count). The van der Waals surface area contributed by atoms with E-state index in [0.29, 0.717) is 6.54 Å². The van der Waals surface area contributed by atoms with Crippen molar-refractivity contribution in [3.05, 3.63) is 64.1 Å². The van der Waals surface area contributed by atoms with Crippen LogP contribution in [0.5, 0.6) is 0 Å². The van der Waals surface area contributed by atoms with E-state index < -0.39 is 0 Å². The fraction of sp³-hybridized carbons (Fsp3) is 0.188. The quantitative estimate of drug-likeness (QED) is 0.575. The Morgan fingerprint density at radius 3 is 2.62 bits per heavy atom. The third kappa shape index (κ3) is 2.97. The van der Waals surface area contributed by atoms with Gasteiger partial charge in [0, 0.05) is 11.0 Å². The number of benzene rings is 2. The van der Waals surface area contributed by atoms with Crippen molar-refractivity contribution in [3.63, 3.8) is 0 Å². The predicted octanol–water partition coefficient (Wildman–Crippen LogP) is 5.29. The number of halogens is 3. The molecule has 1 atom stereocenters. The molecule has 0 spiro atoms. The van der Waals surface area contributed by atoms with Crippen molar-refractivity contribution < 1.29 is 4.39 Å². The second kappa shape index (κ2) is 5.78. The van der Waals surface area contributed by atoms with Crippen LogP contribution in [0.15, 0.2) is 46.9 Å². The number of alkyl halides is 1. The van der Waals surface area contributed by atoms with E-state index in [0.717, 1.165) is 26.9 Å². The van der Waals surface area contributed by atoms with Crippen LogP contribution in [0.2, 0.25) is 0 Å². The number of hydrogen-bond acceptors (Lipinski definition) is 1. The van der Waals surface area contributed by atoms with Gasteiger partial charge in [-0.2, -0.15) is 0 Å². The lowest BCUT2D eigenvalue weighted by Gasteiger charge is -2.11. The first-order valence-corrected chi connectivity index (χ1v) is 7.82. The van der Waals surface area contributed by atoms with Crippen molar-refractivity contribution in [2.45, 2.75) is 18.8 Å². The van der Waals surface area contributed by atoms with Gasteiger partial charge in [0.1, 0.15) is 11.6 Å². The molecule has 0 saturated heterocycles. The molecule has 2 aromatic carbocycles. The standard InChI is InChI=1S/C16H13BrClFN2/c1-10(18)16-20-14-7-6-13(19)8-15(14)21(16)9-11-2-4-12(17)5-3-11/h2-8,10H,9H2,1H3. The third-order valence-electron chi connectivity index (χ3n) is 3.35. The molecule has 21 heavy (non-hydrogen) atoms. The summed E-state index contributed by atoms with van der Waals surface area (Å²) < 4.78 is 16.5. The molecular weight excluding hydrogens is 355 g/mol. The molecule has 0 bridgehead atoms. The van der Waals surface area contributed by atoms with Gasteiger partial charge in [-0.15, -0.1) is 11.6 Å². The smallest absolute Gasteiger partial charge is 0.128 e. The van der Waals surface area contributed by atoms with Crippen molar-refractivity contribution in [1.29, 1.82) is 0 Å². The van der Waals surface area contributed by atoms with Gasteiger partial charge >= 0.3 is 0 Å². The molecule has 0 fully saturated rings. The minimum absolute atomic E-state index is 0.240. The maximum absolute atomic E-state index is 13.5. The molecule has 0 amide bonds. The molecule has 0 saturated carbocycles. The van der Waals surface area contributed by atoms with Gasteiger partial charge in [-0.25, -0.2) is 9.37 Å². The Hall–Kier alpha value is -1.39. The fourth-order valence-electron chi connectivity index (χ4n) is 2.36. The van der Waals surface area contributed by atoms with Crippen LogP contribution in [-0.4, -0.2) is 9.55 Å². The Kier molecular flexibility index (Phi) is 4.00. The predicted molar refractivity (Wildman–Crippen MR) is 87.2 cm³/mol. The highest BCUT2D eigenvalue weighted by Gasteiger charge is 2.15. The number of hydrogen-bond donors (Lipinski definition) is 0. The number of aromatic nitrogens is 2. The van der Waals surface area contributed by atoms with E-state index in [1.807, 2.05) is 35.8 Å². The summed E-state index contributed by atoms with van der Waals surface area (Å²) in [7, 11) is 0. The Labute approximate surface area is 135 Å². The van der Waals surface area contributed by atoms with E-state index >= 15 is 0 Å². The zero-order chi connectivity index (χ0) is 15.0. The van der Waals surface area contributed by atoms with E-state index in [2.05, 4.69) is 20.9 Å². The fourth-order valence-corrected chi connectivity index (χ4v) is 2.79. The summed E-state index contributed by atoms with van der Waals surface area (Å²) in [5, 5.41) is -0.240. The van der Waals surface area contributed by atoms with Gasteiger partial charge in [-0.1, -0.05) is 28.1 Å². The van der Waals surface area contributed by atoms with Crippen LogP contribution in [0.4, 0.5) is 4.39 Å². The molecule has 3 aromatic rings. The van der Waals surface area contributed by atoms with Gasteiger partial charge in [0.2, 0.25) is 0 Å². The van der Waals surface area contributed by atoms with Gasteiger partial charge in [0.15, 0.2) is 0 Å². The molecular formula is C16H13BrClFN2. The second-order valence-corrected chi connectivity index (χ2v) is 6.50. The summed E-state index contributed by atoms with van der Waals surface area (Å²) in [4.78, 5) is 4.52. The van der Waals surface area contributed by atoms with Crippen LogP contribution in [-0.2, 0) is 6.54 Å². The molecule has 1 aromatic heterocycles. The van der Waals surface area contributed by atoms with E-state index in [1.54, 1.807) is 6.07 Å².